The number of benzene rings is 4. The first-order valence-corrected chi connectivity index (χ1v) is 12.4. The highest BCUT2D eigenvalue weighted by Crippen LogP contribution is 2.43. The van der Waals surface area contributed by atoms with E-state index in [0.717, 1.165) is 28.8 Å². The van der Waals surface area contributed by atoms with E-state index in [1.807, 2.05) is 66.9 Å². The molecule has 2 heterocycles. The van der Waals surface area contributed by atoms with Crippen molar-refractivity contribution in [1.82, 2.24) is 19.9 Å². The number of nitrogens with zero attached hydrogens (tertiary/aromatic N) is 4. The van der Waals surface area contributed by atoms with Gasteiger partial charge in [-0.25, -0.2) is 15.0 Å². The Bertz CT molecular complexity index is 1690. The average Bonchev–Trinajstić information content (AvgIpc) is 3.37. The van der Waals surface area contributed by atoms with Crippen LogP contribution in [0, 0.1) is 0 Å². The first-order valence-electron chi connectivity index (χ1n) is 12.4. The number of hydrogen-bond acceptors (Lipinski definition) is 4. The van der Waals surface area contributed by atoms with Crippen molar-refractivity contribution < 1.29 is 0 Å². The molecule has 1 aliphatic carbocycles. The molecule has 0 bridgehead atoms. The third-order valence-corrected chi connectivity index (χ3v) is 6.82. The second kappa shape index (κ2) is 8.92. The largest absolute Gasteiger partial charge is 0.253 e. The summed E-state index contributed by atoms with van der Waals surface area (Å²) in [5, 5.41) is 0. The zero-order valence-corrected chi connectivity index (χ0v) is 20.0. The van der Waals surface area contributed by atoms with Crippen molar-refractivity contribution in [1.29, 1.82) is 0 Å². The summed E-state index contributed by atoms with van der Waals surface area (Å²) in [7, 11) is 0. The average molecular weight is 475 g/mol. The monoisotopic (exact) mass is 474 g/mol. The third-order valence-electron chi connectivity index (χ3n) is 6.82. The van der Waals surface area contributed by atoms with Crippen molar-refractivity contribution in [3.8, 4) is 56.5 Å². The predicted molar refractivity (Wildman–Crippen MR) is 148 cm³/mol. The Balaban J connectivity index is 1.38. The molecule has 0 radical (unpaired) electrons. The van der Waals surface area contributed by atoms with Gasteiger partial charge in [0.2, 0.25) is 0 Å². The first kappa shape index (κ1) is 21.3. The van der Waals surface area contributed by atoms with E-state index >= 15 is 0 Å². The molecule has 0 amide bonds. The highest BCUT2D eigenvalue weighted by atomic mass is 15.0. The van der Waals surface area contributed by atoms with E-state index in [4.69, 9.17) is 15.0 Å². The molecular weight excluding hydrogens is 452 g/mol. The Morgan fingerprint density at radius 2 is 1.05 bits per heavy atom. The Morgan fingerprint density at radius 1 is 0.459 bits per heavy atom. The lowest BCUT2D eigenvalue weighted by Gasteiger charge is -2.12. The molecular formula is C33H22N4. The van der Waals surface area contributed by atoms with E-state index in [1.54, 1.807) is 0 Å². The fourth-order valence-corrected chi connectivity index (χ4v) is 5.07. The summed E-state index contributed by atoms with van der Waals surface area (Å²) in [5.41, 5.74) is 10.2. The molecule has 0 aliphatic heterocycles. The number of aromatic nitrogens is 4. The van der Waals surface area contributed by atoms with Crippen molar-refractivity contribution in [2.75, 3.05) is 0 Å². The predicted octanol–water partition coefficient (Wildman–Crippen LogP) is 7.51. The van der Waals surface area contributed by atoms with Crippen LogP contribution in [0.5, 0.6) is 0 Å². The normalized spacial score (nSPS) is 11.7. The van der Waals surface area contributed by atoms with Crippen LogP contribution in [-0.4, -0.2) is 19.9 Å². The van der Waals surface area contributed by atoms with Gasteiger partial charge in [-0.15, -0.1) is 0 Å². The van der Waals surface area contributed by atoms with Crippen LogP contribution in [0.1, 0.15) is 11.1 Å². The smallest absolute Gasteiger partial charge is 0.182 e. The van der Waals surface area contributed by atoms with E-state index in [0.29, 0.717) is 17.5 Å². The minimum absolute atomic E-state index is 0.558. The van der Waals surface area contributed by atoms with Crippen LogP contribution in [0.4, 0.5) is 0 Å². The maximum Gasteiger partial charge on any atom is 0.182 e. The zero-order chi connectivity index (χ0) is 24.6. The van der Waals surface area contributed by atoms with E-state index in [1.165, 1.54) is 27.8 Å². The minimum Gasteiger partial charge on any atom is -0.253 e. The molecule has 0 unspecified atom stereocenters. The number of pyridine rings is 1. The number of fused-ring (bicyclic) bond motifs is 3. The van der Waals surface area contributed by atoms with Crippen LogP contribution in [-0.2, 0) is 6.42 Å². The van der Waals surface area contributed by atoms with Crippen LogP contribution >= 0.6 is 0 Å². The van der Waals surface area contributed by atoms with E-state index in [9.17, 15) is 0 Å². The number of hydrogen-bond donors (Lipinski definition) is 0. The second-order valence-electron chi connectivity index (χ2n) is 9.14. The molecule has 0 N–H and O–H groups in total. The zero-order valence-electron chi connectivity index (χ0n) is 20.0. The minimum atomic E-state index is 0.558. The van der Waals surface area contributed by atoms with Gasteiger partial charge in [0.15, 0.2) is 17.5 Å². The van der Waals surface area contributed by atoms with Gasteiger partial charge in [0, 0.05) is 17.3 Å². The molecule has 4 nitrogen and oxygen atoms in total. The van der Waals surface area contributed by atoms with E-state index in [2.05, 4.69) is 59.6 Å². The van der Waals surface area contributed by atoms with Crippen molar-refractivity contribution >= 4 is 0 Å². The van der Waals surface area contributed by atoms with E-state index < -0.39 is 0 Å². The van der Waals surface area contributed by atoms with Gasteiger partial charge in [-0.1, -0.05) is 103 Å². The summed E-state index contributed by atoms with van der Waals surface area (Å²) >= 11 is 0. The third kappa shape index (κ3) is 3.89. The van der Waals surface area contributed by atoms with Gasteiger partial charge < -0.3 is 0 Å². The molecule has 6 aromatic rings. The quantitative estimate of drug-likeness (QED) is 0.265. The highest BCUT2D eigenvalue weighted by Gasteiger charge is 2.22. The van der Waals surface area contributed by atoms with Crippen LogP contribution < -0.4 is 0 Å². The summed E-state index contributed by atoms with van der Waals surface area (Å²) < 4.78 is 0. The van der Waals surface area contributed by atoms with Gasteiger partial charge in [0.05, 0.1) is 0 Å². The molecule has 7 rings (SSSR count). The summed E-state index contributed by atoms with van der Waals surface area (Å²) in [5.74, 6) is 1.82. The molecule has 0 saturated carbocycles. The van der Waals surface area contributed by atoms with E-state index in [-0.39, 0.29) is 0 Å². The van der Waals surface area contributed by atoms with Crippen LogP contribution in [0.3, 0.4) is 0 Å². The summed E-state index contributed by atoms with van der Waals surface area (Å²) in [4.78, 5) is 19.2. The van der Waals surface area contributed by atoms with Gasteiger partial charge in [-0.3, -0.25) is 4.98 Å². The molecule has 0 atom stereocenters. The van der Waals surface area contributed by atoms with Crippen LogP contribution in [0.25, 0.3) is 56.5 Å². The summed E-state index contributed by atoms with van der Waals surface area (Å²) in [6, 6.07) is 39.4. The molecule has 0 saturated heterocycles. The van der Waals surface area contributed by atoms with Crippen molar-refractivity contribution in [3.05, 3.63) is 133 Å². The van der Waals surface area contributed by atoms with Gasteiger partial charge in [0.25, 0.3) is 0 Å². The SMILES string of the molecule is c1ccc(-c2nc(-c3ccccc3)nc(-c3cc(-c4cccc5c4-c4ccccc4C5)ccn3)n2)cc1. The molecule has 1 aliphatic rings. The van der Waals surface area contributed by atoms with Crippen molar-refractivity contribution in [2.24, 2.45) is 0 Å². The van der Waals surface area contributed by atoms with Crippen LogP contribution in [0.2, 0.25) is 0 Å². The van der Waals surface area contributed by atoms with Gasteiger partial charge >= 0.3 is 0 Å². The topological polar surface area (TPSA) is 51.6 Å². The Morgan fingerprint density at radius 3 is 1.78 bits per heavy atom. The van der Waals surface area contributed by atoms with Gasteiger partial charge in [-0.2, -0.15) is 0 Å². The fourth-order valence-electron chi connectivity index (χ4n) is 5.07. The lowest BCUT2D eigenvalue weighted by atomic mass is 9.94. The molecule has 2 aromatic heterocycles. The Labute approximate surface area is 215 Å². The second-order valence-corrected chi connectivity index (χ2v) is 9.14. The van der Waals surface area contributed by atoms with Gasteiger partial charge in [-0.05, 0) is 51.9 Å². The van der Waals surface area contributed by atoms with Crippen molar-refractivity contribution in [2.45, 2.75) is 6.42 Å². The van der Waals surface area contributed by atoms with Gasteiger partial charge in [0.1, 0.15) is 5.69 Å². The first-order chi connectivity index (χ1) is 18.3. The number of rotatable bonds is 4. The molecule has 4 aromatic carbocycles. The molecule has 174 valence electrons. The maximum absolute atomic E-state index is 4.86. The lowest BCUT2D eigenvalue weighted by Crippen LogP contribution is -2.01. The van der Waals surface area contributed by atoms with Crippen molar-refractivity contribution in [3.63, 3.8) is 0 Å². The summed E-state index contributed by atoms with van der Waals surface area (Å²) in [6.45, 7) is 0. The Kier molecular flexibility index (Phi) is 5.14. The standard InChI is InChI=1S/C33H22N4/c1-3-10-22(11-4-1)31-35-32(23-12-5-2-6-13-23)37-33(36-31)29-21-25(18-19-34-29)28-17-9-15-26-20-24-14-7-8-16-27(24)30(26)28/h1-19,21H,20H2. The van der Waals surface area contributed by atoms with Crippen LogP contribution in [0.15, 0.2) is 121 Å². The lowest BCUT2D eigenvalue weighted by molar-refractivity contribution is 1.06. The fraction of sp³-hybridized carbons (Fsp3) is 0.0303. The molecule has 37 heavy (non-hydrogen) atoms. The maximum atomic E-state index is 4.86. The molecule has 0 fully saturated rings. The molecule has 0 spiro atoms. The summed E-state index contributed by atoms with van der Waals surface area (Å²) in [6.07, 6.45) is 2.81. The highest BCUT2D eigenvalue weighted by molar-refractivity contribution is 5.90. The Hall–Kier alpha value is -4.96. The molecule has 4 heteroatoms.